The lowest BCUT2D eigenvalue weighted by Crippen LogP contribution is -2.38. The summed E-state index contributed by atoms with van der Waals surface area (Å²) in [5.74, 6) is -0.924. The van der Waals surface area contributed by atoms with E-state index in [4.69, 9.17) is 5.73 Å². The largest absolute Gasteiger partial charge is 0.369 e. The molecule has 1 heterocycles. The van der Waals surface area contributed by atoms with Crippen molar-refractivity contribution in [3.63, 3.8) is 0 Å². The number of hydrogen-bond acceptors (Lipinski definition) is 3. The third-order valence-electron chi connectivity index (χ3n) is 4.91. The number of nitrogens with two attached hydrogens (primary N) is 1. The Bertz CT molecular complexity index is 874. The number of hydrogen-bond donors (Lipinski definition) is 2. The molecule has 2 aromatic rings. The van der Waals surface area contributed by atoms with Crippen molar-refractivity contribution in [2.75, 3.05) is 18.4 Å². The Morgan fingerprint density at radius 3 is 2.61 bits per heavy atom. The summed E-state index contributed by atoms with van der Waals surface area (Å²) in [6.45, 7) is 2.41. The summed E-state index contributed by atoms with van der Waals surface area (Å²) in [6.07, 6.45) is 4.34. The number of rotatable bonds is 6. The zero-order valence-electron chi connectivity index (χ0n) is 15.6. The van der Waals surface area contributed by atoms with Crippen LogP contribution in [-0.2, 0) is 16.1 Å². The SMILES string of the molecule is NC(=O)C1CCN(Cc2cccc(NC(=O)/C=C/c3ccccc3F)c2)CC1. The van der Waals surface area contributed by atoms with E-state index in [1.165, 1.54) is 18.2 Å². The van der Waals surface area contributed by atoms with Gasteiger partial charge in [-0.2, -0.15) is 0 Å². The van der Waals surface area contributed by atoms with Crippen molar-refractivity contribution in [3.8, 4) is 0 Å². The van der Waals surface area contributed by atoms with Crippen LogP contribution in [0.2, 0.25) is 0 Å². The molecule has 0 aliphatic carbocycles. The van der Waals surface area contributed by atoms with Gasteiger partial charge in [0, 0.05) is 29.8 Å². The van der Waals surface area contributed by atoms with Crippen molar-refractivity contribution < 1.29 is 14.0 Å². The summed E-state index contributed by atoms with van der Waals surface area (Å²) in [7, 11) is 0. The van der Waals surface area contributed by atoms with Gasteiger partial charge in [0.25, 0.3) is 0 Å². The number of carbonyl (C=O) groups is 2. The minimum Gasteiger partial charge on any atom is -0.369 e. The predicted molar refractivity (Wildman–Crippen MR) is 108 cm³/mol. The first kappa shape index (κ1) is 19.8. The van der Waals surface area contributed by atoms with Crippen LogP contribution >= 0.6 is 0 Å². The molecule has 3 N–H and O–H groups in total. The van der Waals surface area contributed by atoms with E-state index < -0.39 is 0 Å². The molecule has 2 aromatic carbocycles. The average molecular weight is 381 g/mol. The van der Waals surface area contributed by atoms with E-state index in [2.05, 4.69) is 10.2 Å². The fourth-order valence-corrected chi connectivity index (χ4v) is 3.34. The Morgan fingerprint density at radius 2 is 1.89 bits per heavy atom. The number of primary amides is 1. The van der Waals surface area contributed by atoms with E-state index in [1.54, 1.807) is 18.2 Å². The molecule has 1 aliphatic rings. The molecule has 1 saturated heterocycles. The Morgan fingerprint density at radius 1 is 1.14 bits per heavy atom. The number of anilines is 1. The van der Waals surface area contributed by atoms with Crippen LogP contribution in [0.4, 0.5) is 10.1 Å². The Balaban J connectivity index is 1.55. The Hall–Kier alpha value is -2.99. The van der Waals surface area contributed by atoms with Gasteiger partial charge in [0.2, 0.25) is 11.8 Å². The Kier molecular flexibility index (Phi) is 6.55. The molecule has 5 nitrogen and oxygen atoms in total. The second-order valence-corrected chi connectivity index (χ2v) is 7.00. The highest BCUT2D eigenvalue weighted by molar-refractivity contribution is 6.01. The number of amides is 2. The van der Waals surface area contributed by atoms with E-state index in [0.717, 1.165) is 38.0 Å². The van der Waals surface area contributed by atoms with E-state index in [-0.39, 0.29) is 23.5 Å². The fourth-order valence-electron chi connectivity index (χ4n) is 3.34. The molecule has 146 valence electrons. The van der Waals surface area contributed by atoms with Gasteiger partial charge in [-0.25, -0.2) is 4.39 Å². The van der Waals surface area contributed by atoms with Crippen LogP contribution < -0.4 is 11.1 Å². The van der Waals surface area contributed by atoms with E-state index in [0.29, 0.717) is 11.3 Å². The van der Waals surface area contributed by atoms with Gasteiger partial charge >= 0.3 is 0 Å². The third-order valence-corrected chi connectivity index (χ3v) is 4.91. The number of benzene rings is 2. The number of piperidine rings is 1. The maximum Gasteiger partial charge on any atom is 0.248 e. The fraction of sp³-hybridized carbons (Fsp3) is 0.273. The number of halogens is 1. The molecule has 3 rings (SSSR count). The van der Waals surface area contributed by atoms with E-state index in [9.17, 15) is 14.0 Å². The van der Waals surface area contributed by atoms with Crippen molar-refractivity contribution in [2.24, 2.45) is 11.7 Å². The number of carbonyl (C=O) groups excluding carboxylic acids is 2. The molecule has 0 unspecified atom stereocenters. The highest BCUT2D eigenvalue weighted by atomic mass is 19.1. The van der Waals surface area contributed by atoms with Crippen molar-refractivity contribution >= 4 is 23.6 Å². The maximum atomic E-state index is 13.6. The van der Waals surface area contributed by atoms with Crippen LogP contribution in [0.5, 0.6) is 0 Å². The molecule has 0 atom stereocenters. The first-order valence-electron chi connectivity index (χ1n) is 9.35. The molecule has 0 saturated carbocycles. The van der Waals surface area contributed by atoms with Crippen LogP contribution in [0.1, 0.15) is 24.0 Å². The normalized spacial score (nSPS) is 15.6. The predicted octanol–water partition coefficient (Wildman–Crippen LogP) is 3.17. The van der Waals surface area contributed by atoms with Gasteiger partial charge in [0.05, 0.1) is 0 Å². The summed E-state index contributed by atoms with van der Waals surface area (Å²) < 4.78 is 13.6. The quantitative estimate of drug-likeness (QED) is 0.755. The summed E-state index contributed by atoms with van der Waals surface area (Å²) in [5.41, 5.74) is 7.51. The lowest BCUT2D eigenvalue weighted by atomic mass is 9.96. The topological polar surface area (TPSA) is 75.4 Å². The van der Waals surface area contributed by atoms with Gasteiger partial charge < -0.3 is 11.1 Å². The first-order chi connectivity index (χ1) is 13.5. The number of likely N-dealkylation sites (tertiary alicyclic amines) is 1. The molecular formula is C22H24FN3O2. The molecule has 6 heteroatoms. The zero-order chi connectivity index (χ0) is 19.9. The highest BCUT2D eigenvalue weighted by Crippen LogP contribution is 2.20. The standard InChI is InChI=1S/C22H24FN3O2/c23-20-7-2-1-5-17(20)8-9-21(27)25-19-6-3-4-16(14-19)15-26-12-10-18(11-13-26)22(24)28/h1-9,14,18H,10-13,15H2,(H2,24,28)(H,25,27)/b9-8+. The molecule has 1 fully saturated rings. The molecule has 28 heavy (non-hydrogen) atoms. The maximum absolute atomic E-state index is 13.6. The van der Waals surface area contributed by atoms with E-state index >= 15 is 0 Å². The third kappa shape index (κ3) is 5.50. The molecule has 0 aromatic heterocycles. The summed E-state index contributed by atoms with van der Waals surface area (Å²) in [4.78, 5) is 25.7. The van der Waals surface area contributed by atoms with Crippen molar-refractivity contribution in [2.45, 2.75) is 19.4 Å². The van der Waals surface area contributed by atoms with Gasteiger partial charge in [-0.15, -0.1) is 0 Å². The smallest absolute Gasteiger partial charge is 0.248 e. The van der Waals surface area contributed by atoms with Crippen LogP contribution in [0, 0.1) is 11.7 Å². The summed E-state index contributed by atoms with van der Waals surface area (Å²) >= 11 is 0. The zero-order valence-corrected chi connectivity index (χ0v) is 15.6. The number of nitrogens with zero attached hydrogens (tertiary/aromatic N) is 1. The average Bonchev–Trinajstić information content (AvgIpc) is 2.68. The molecule has 0 bridgehead atoms. The molecular weight excluding hydrogens is 357 g/mol. The first-order valence-corrected chi connectivity index (χ1v) is 9.35. The van der Waals surface area contributed by atoms with Gasteiger partial charge in [-0.05, 0) is 55.8 Å². The minimum atomic E-state index is -0.367. The van der Waals surface area contributed by atoms with Crippen molar-refractivity contribution in [1.82, 2.24) is 4.90 Å². The van der Waals surface area contributed by atoms with Crippen LogP contribution in [0.15, 0.2) is 54.6 Å². The lowest BCUT2D eigenvalue weighted by molar-refractivity contribution is -0.123. The monoisotopic (exact) mass is 381 g/mol. The van der Waals surface area contributed by atoms with Gasteiger partial charge in [-0.3, -0.25) is 14.5 Å². The van der Waals surface area contributed by atoms with Crippen molar-refractivity contribution in [1.29, 1.82) is 0 Å². The van der Waals surface area contributed by atoms with Crippen LogP contribution in [0.25, 0.3) is 6.08 Å². The minimum absolute atomic E-state index is 0.0249. The second kappa shape index (κ2) is 9.28. The van der Waals surface area contributed by atoms with Crippen LogP contribution in [-0.4, -0.2) is 29.8 Å². The van der Waals surface area contributed by atoms with Gasteiger partial charge in [0.1, 0.15) is 5.82 Å². The Labute approximate surface area is 164 Å². The van der Waals surface area contributed by atoms with Crippen molar-refractivity contribution in [3.05, 3.63) is 71.6 Å². The summed E-state index contributed by atoms with van der Waals surface area (Å²) in [6, 6.07) is 13.9. The molecule has 0 spiro atoms. The molecule has 1 aliphatic heterocycles. The van der Waals surface area contributed by atoms with Gasteiger partial charge in [0.15, 0.2) is 0 Å². The van der Waals surface area contributed by atoms with Crippen LogP contribution in [0.3, 0.4) is 0 Å². The second-order valence-electron chi connectivity index (χ2n) is 7.00. The highest BCUT2D eigenvalue weighted by Gasteiger charge is 2.22. The van der Waals surface area contributed by atoms with E-state index in [1.807, 2.05) is 24.3 Å². The number of nitrogens with one attached hydrogen (secondary N) is 1. The van der Waals surface area contributed by atoms with Gasteiger partial charge in [-0.1, -0.05) is 30.3 Å². The molecule has 2 amide bonds. The summed E-state index contributed by atoms with van der Waals surface area (Å²) in [5, 5.41) is 2.80. The molecule has 0 radical (unpaired) electrons. The lowest BCUT2D eigenvalue weighted by Gasteiger charge is -2.30.